The Kier molecular flexibility index (Phi) is 12.4. The van der Waals surface area contributed by atoms with Crippen LogP contribution in [-0.2, 0) is 19.0 Å². The van der Waals surface area contributed by atoms with Gasteiger partial charge in [-0.1, -0.05) is 13.5 Å². The van der Waals surface area contributed by atoms with E-state index >= 15 is 0 Å². The Balaban J connectivity index is 0. The summed E-state index contributed by atoms with van der Waals surface area (Å²) in [5.74, 6) is 0. The molecule has 0 atom stereocenters. The molecule has 4 heteroatoms. The second-order valence-corrected chi connectivity index (χ2v) is 3.32. The molecule has 0 bridgehead atoms. The van der Waals surface area contributed by atoms with E-state index in [0.717, 1.165) is 6.42 Å². The Morgan fingerprint density at radius 1 is 1.27 bits per heavy atom. The van der Waals surface area contributed by atoms with Crippen LogP contribution in [-0.4, -0.2) is 32.4 Å². The first kappa shape index (κ1) is 16.6. The fourth-order valence-electron chi connectivity index (χ4n) is 0.634. The number of carbonyl (C=O) groups is 1. The van der Waals surface area contributed by atoms with Gasteiger partial charge in [-0.3, -0.25) is 0 Å². The predicted octanol–water partition coefficient (Wildman–Crippen LogP) is 2.14. The van der Waals surface area contributed by atoms with Gasteiger partial charge in [0.15, 0.2) is 6.79 Å². The largest absolute Gasteiger partial charge is 0.476 e. The molecule has 0 aromatic heterocycles. The Bertz CT molecular complexity index is 146. The van der Waals surface area contributed by atoms with E-state index in [9.17, 15) is 0 Å². The first-order chi connectivity index (χ1) is 7.12. The van der Waals surface area contributed by atoms with E-state index in [-0.39, 0.29) is 12.4 Å². The molecule has 0 aromatic carbocycles. The molecule has 0 fully saturated rings. The minimum absolute atomic E-state index is 0.0529. The fourth-order valence-corrected chi connectivity index (χ4v) is 0.634. The fraction of sp³-hybridized carbons (Fsp3) is 0.727. The molecule has 0 radical (unpaired) electrons. The third kappa shape index (κ3) is 13.1. The molecular formula is C11H22O4. The van der Waals surface area contributed by atoms with Crippen molar-refractivity contribution in [2.45, 2.75) is 32.8 Å². The van der Waals surface area contributed by atoms with Gasteiger partial charge in [0.2, 0.25) is 0 Å². The van der Waals surface area contributed by atoms with Gasteiger partial charge in [0.25, 0.3) is 0 Å². The van der Waals surface area contributed by atoms with Crippen molar-refractivity contribution in [3.8, 4) is 0 Å². The number of ether oxygens (including phenoxy) is 3. The molecule has 0 aliphatic rings. The molecule has 0 aliphatic carbocycles. The molecule has 0 rings (SSSR count). The highest BCUT2D eigenvalue weighted by molar-refractivity contribution is 5.10. The van der Waals surface area contributed by atoms with Crippen molar-refractivity contribution in [3.63, 3.8) is 0 Å². The lowest BCUT2D eigenvalue weighted by Crippen LogP contribution is -2.25. The SMILES string of the molecule is C=COCOCCOC(C)(C)CC.C=O. The maximum absolute atomic E-state index is 8.00. The quantitative estimate of drug-likeness (QED) is 0.356. The van der Waals surface area contributed by atoms with E-state index in [0.29, 0.717) is 13.2 Å². The summed E-state index contributed by atoms with van der Waals surface area (Å²) in [4.78, 5) is 8.00. The maximum Gasteiger partial charge on any atom is 0.188 e. The Labute approximate surface area is 92.2 Å². The second-order valence-electron chi connectivity index (χ2n) is 3.32. The van der Waals surface area contributed by atoms with Gasteiger partial charge >= 0.3 is 0 Å². The third-order valence-electron chi connectivity index (χ3n) is 1.84. The lowest BCUT2D eigenvalue weighted by molar-refractivity contribution is -0.0979. The molecule has 0 saturated heterocycles. The highest BCUT2D eigenvalue weighted by atomic mass is 16.7. The summed E-state index contributed by atoms with van der Waals surface area (Å²) in [5, 5.41) is 0. The lowest BCUT2D eigenvalue weighted by atomic mass is 10.1. The van der Waals surface area contributed by atoms with Crippen molar-refractivity contribution < 1.29 is 19.0 Å². The average molecular weight is 218 g/mol. The molecule has 0 aliphatic heterocycles. The van der Waals surface area contributed by atoms with Gasteiger partial charge < -0.3 is 19.0 Å². The molecular weight excluding hydrogens is 196 g/mol. The van der Waals surface area contributed by atoms with Crippen molar-refractivity contribution in [1.29, 1.82) is 0 Å². The van der Waals surface area contributed by atoms with E-state index in [4.69, 9.17) is 19.0 Å². The monoisotopic (exact) mass is 218 g/mol. The van der Waals surface area contributed by atoms with Crippen molar-refractivity contribution >= 4 is 6.79 Å². The van der Waals surface area contributed by atoms with Crippen LogP contribution in [0.5, 0.6) is 0 Å². The van der Waals surface area contributed by atoms with E-state index < -0.39 is 0 Å². The summed E-state index contributed by atoms with van der Waals surface area (Å²) < 4.78 is 15.4. The minimum Gasteiger partial charge on any atom is -0.476 e. The summed E-state index contributed by atoms with van der Waals surface area (Å²) in [6.45, 7) is 13.0. The zero-order chi connectivity index (χ0) is 12.2. The zero-order valence-corrected chi connectivity index (χ0v) is 9.95. The number of rotatable bonds is 8. The first-order valence-corrected chi connectivity index (χ1v) is 4.85. The third-order valence-corrected chi connectivity index (χ3v) is 1.84. The highest BCUT2D eigenvalue weighted by Crippen LogP contribution is 2.12. The van der Waals surface area contributed by atoms with Gasteiger partial charge in [-0.15, -0.1) is 0 Å². The second kappa shape index (κ2) is 11.2. The van der Waals surface area contributed by atoms with Crippen LogP contribution in [0.4, 0.5) is 0 Å². The number of hydrogen-bond donors (Lipinski definition) is 0. The van der Waals surface area contributed by atoms with Gasteiger partial charge in [0.05, 0.1) is 25.1 Å². The molecule has 0 saturated carbocycles. The van der Waals surface area contributed by atoms with E-state index in [2.05, 4.69) is 27.4 Å². The van der Waals surface area contributed by atoms with Crippen LogP contribution in [0, 0.1) is 0 Å². The maximum atomic E-state index is 8.00. The first-order valence-electron chi connectivity index (χ1n) is 4.85. The highest BCUT2D eigenvalue weighted by Gasteiger charge is 2.14. The number of hydrogen-bond acceptors (Lipinski definition) is 4. The van der Waals surface area contributed by atoms with Crippen LogP contribution in [0.2, 0.25) is 0 Å². The Morgan fingerprint density at radius 3 is 2.33 bits per heavy atom. The van der Waals surface area contributed by atoms with Crippen LogP contribution in [0.15, 0.2) is 12.8 Å². The smallest absolute Gasteiger partial charge is 0.188 e. The van der Waals surface area contributed by atoms with Crippen LogP contribution in [0.25, 0.3) is 0 Å². The van der Waals surface area contributed by atoms with Crippen LogP contribution in [0.3, 0.4) is 0 Å². The van der Waals surface area contributed by atoms with Gasteiger partial charge in [-0.2, -0.15) is 0 Å². The van der Waals surface area contributed by atoms with Crippen LogP contribution < -0.4 is 0 Å². The summed E-state index contributed by atoms with van der Waals surface area (Å²) in [5.41, 5.74) is -0.0529. The molecule has 15 heavy (non-hydrogen) atoms. The topological polar surface area (TPSA) is 44.8 Å². The summed E-state index contributed by atoms with van der Waals surface area (Å²) in [7, 11) is 0. The predicted molar refractivity (Wildman–Crippen MR) is 59.5 cm³/mol. The van der Waals surface area contributed by atoms with Crippen molar-refractivity contribution in [2.75, 3.05) is 20.0 Å². The van der Waals surface area contributed by atoms with E-state index in [1.54, 1.807) is 0 Å². The van der Waals surface area contributed by atoms with E-state index in [1.807, 2.05) is 6.79 Å². The molecule has 0 spiro atoms. The summed E-state index contributed by atoms with van der Waals surface area (Å²) >= 11 is 0. The Hall–Kier alpha value is -0.870. The van der Waals surface area contributed by atoms with Crippen molar-refractivity contribution in [1.82, 2.24) is 0 Å². The van der Waals surface area contributed by atoms with Crippen molar-refractivity contribution in [2.24, 2.45) is 0 Å². The molecule has 90 valence electrons. The molecule has 0 unspecified atom stereocenters. The van der Waals surface area contributed by atoms with Crippen LogP contribution in [0.1, 0.15) is 27.2 Å². The van der Waals surface area contributed by atoms with Gasteiger partial charge in [-0.25, -0.2) is 0 Å². The van der Waals surface area contributed by atoms with Crippen LogP contribution >= 0.6 is 0 Å². The average Bonchev–Trinajstić information content (AvgIpc) is 2.26. The zero-order valence-electron chi connectivity index (χ0n) is 9.95. The molecule has 0 heterocycles. The normalized spacial score (nSPS) is 10.1. The minimum atomic E-state index is -0.0529. The summed E-state index contributed by atoms with van der Waals surface area (Å²) in [6.07, 6.45) is 2.35. The number of carbonyl (C=O) groups excluding carboxylic acids is 1. The van der Waals surface area contributed by atoms with Gasteiger partial charge in [0.1, 0.15) is 6.79 Å². The standard InChI is InChI=1S/C10H20O3.CH2O/c1-5-10(3,4)13-8-7-12-9-11-6-2;1-2/h6H,2,5,7-9H2,1,3-4H3;1H2. The van der Waals surface area contributed by atoms with Crippen molar-refractivity contribution in [3.05, 3.63) is 12.8 Å². The molecule has 0 amide bonds. The molecule has 4 nitrogen and oxygen atoms in total. The lowest BCUT2D eigenvalue weighted by Gasteiger charge is -2.23. The summed E-state index contributed by atoms with van der Waals surface area (Å²) in [6, 6.07) is 0. The molecule has 0 N–H and O–H groups in total. The molecule has 0 aromatic rings. The Morgan fingerprint density at radius 2 is 1.87 bits per heavy atom. The van der Waals surface area contributed by atoms with Gasteiger partial charge in [-0.05, 0) is 20.3 Å². The van der Waals surface area contributed by atoms with E-state index in [1.165, 1.54) is 6.26 Å². The van der Waals surface area contributed by atoms with Gasteiger partial charge in [0, 0.05) is 0 Å².